The Morgan fingerprint density at radius 1 is 1.14 bits per heavy atom. The smallest absolute Gasteiger partial charge is 0.350 e. The van der Waals surface area contributed by atoms with Crippen LogP contribution in [0.2, 0.25) is 0 Å². The molecule has 0 aliphatic rings. The molecule has 1 aromatic carbocycles. The maximum atomic E-state index is 10.8. The molecule has 0 aliphatic carbocycles. The van der Waals surface area contributed by atoms with Gasteiger partial charge in [-0.1, -0.05) is 0 Å². The fourth-order valence-corrected chi connectivity index (χ4v) is 1.65. The van der Waals surface area contributed by atoms with Crippen LogP contribution >= 0.6 is 0 Å². The molecule has 0 atom stereocenters. The minimum Gasteiger partial charge on any atom is -0.493 e. The zero-order valence-corrected chi connectivity index (χ0v) is 11.4. The van der Waals surface area contributed by atoms with E-state index in [1.165, 1.54) is 0 Å². The van der Waals surface area contributed by atoms with E-state index in [1.807, 2.05) is 0 Å². The van der Waals surface area contributed by atoms with Crippen LogP contribution in [0, 0.1) is 20.2 Å². The second-order valence-corrected chi connectivity index (χ2v) is 5.21. The predicted octanol–water partition coefficient (Wildman–Crippen LogP) is 0.778. The highest BCUT2D eigenvalue weighted by molar-refractivity contribution is 7.85. The first-order chi connectivity index (χ1) is 9.65. The summed E-state index contributed by atoms with van der Waals surface area (Å²) in [5.74, 6) is -1.18. The Morgan fingerprint density at radius 2 is 1.62 bits per heavy atom. The highest BCUT2D eigenvalue weighted by Crippen LogP contribution is 2.38. The lowest BCUT2D eigenvalue weighted by Gasteiger charge is -2.09. The molecule has 0 saturated heterocycles. The van der Waals surface area contributed by atoms with Gasteiger partial charge in [0, 0.05) is 0 Å². The average molecular weight is 322 g/mol. The van der Waals surface area contributed by atoms with Crippen LogP contribution in [0.1, 0.15) is 0 Å². The number of rotatable bonds is 7. The van der Waals surface area contributed by atoms with Crippen molar-refractivity contribution in [3.8, 4) is 11.5 Å². The van der Waals surface area contributed by atoms with Crippen molar-refractivity contribution >= 4 is 21.5 Å². The summed E-state index contributed by atoms with van der Waals surface area (Å²) in [6.45, 7) is -0.510. The summed E-state index contributed by atoms with van der Waals surface area (Å²) in [7, 11) is -3.12. The van der Waals surface area contributed by atoms with Gasteiger partial charge in [0.2, 0.25) is 0 Å². The van der Waals surface area contributed by atoms with Gasteiger partial charge in [-0.05, 0) is 0 Å². The molecule has 0 saturated carbocycles. The molecule has 0 spiro atoms. The van der Waals surface area contributed by atoms with E-state index in [0.29, 0.717) is 0 Å². The van der Waals surface area contributed by atoms with Crippen LogP contribution < -0.4 is 9.47 Å². The topological polar surface area (TPSA) is 159 Å². The van der Waals surface area contributed by atoms with E-state index in [0.717, 1.165) is 19.2 Å². The molecule has 0 unspecified atom stereocenters. The summed E-state index contributed by atoms with van der Waals surface area (Å²) < 4.78 is 39.4. The van der Waals surface area contributed by atoms with Gasteiger partial charge in [-0.15, -0.1) is 0 Å². The molecule has 0 fully saturated rings. The zero-order chi connectivity index (χ0) is 16.2. The Bertz CT molecular complexity index is 670. The number of benzene rings is 1. The summed E-state index contributed by atoms with van der Waals surface area (Å²) in [6.07, 6.45) is 0. The maximum Gasteiger partial charge on any atom is 0.350 e. The normalized spacial score (nSPS) is 11.0. The first-order valence-corrected chi connectivity index (χ1v) is 6.85. The SMILES string of the molecule is COc1cc([N+](=O)[O-])c([N+](=O)[O-])cc1OCCS(=O)(=O)O. The van der Waals surface area contributed by atoms with Crippen LogP contribution in [0.3, 0.4) is 0 Å². The Balaban J connectivity index is 3.16. The largest absolute Gasteiger partial charge is 0.493 e. The Labute approximate surface area is 118 Å². The van der Waals surface area contributed by atoms with E-state index >= 15 is 0 Å². The van der Waals surface area contributed by atoms with Crippen molar-refractivity contribution in [3.05, 3.63) is 32.4 Å². The Kier molecular flexibility index (Phi) is 4.99. The van der Waals surface area contributed by atoms with Crippen LogP contribution in [0.15, 0.2) is 12.1 Å². The average Bonchev–Trinajstić information content (AvgIpc) is 2.36. The van der Waals surface area contributed by atoms with Gasteiger partial charge in [-0.2, -0.15) is 8.42 Å². The number of ether oxygens (including phenoxy) is 2. The molecule has 0 amide bonds. The highest BCUT2D eigenvalue weighted by Gasteiger charge is 2.28. The molecule has 0 heterocycles. The van der Waals surface area contributed by atoms with Gasteiger partial charge >= 0.3 is 11.4 Å². The zero-order valence-electron chi connectivity index (χ0n) is 10.6. The minimum absolute atomic E-state index is 0.178. The van der Waals surface area contributed by atoms with Gasteiger partial charge in [0.05, 0.1) is 29.1 Å². The van der Waals surface area contributed by atoms with Crippen molar-refractivity contribution in [2.45, 2.75) is 0 Å². The van der Waals surface area contributed by atoms with Crippen LogP contribution in [0.5, 0.6) is 11.5 Å². The molecule has 1 rings (SSSR count). The predicted molar refractivity (Wildman–Crippen MR) is 68.2 cm³/mol. The van der Waals surface area contributed by atoms with E-state index in [9.17, 15) is 28.6 Å². The van der Waals surface area contributed by atoms with Crippen molar-refractivity contribution in [2.24, 2.45) is 0 Å². The molecule has 12 heteroatoms. The molecular weight excluding hydrogens is 312 g/mol. The lowest BCUT2D eigenvalue weighted by molar-refractivity contribution is -0.422. The fourth-order valence-electron chi connectivity index (χ4n) is 1.36. The third kappa shape index (κ3) is 4.54. The monoisotopic (exact) mass is 322 g/mol. The Hall–Kier alpha value is -2.47. The molecule has 11 nitrogen and oxygen atoms in total. The van der Waals surface area contributed by atoms with Crippen molar-refractivity contribution in [3.63, 3.8) is 0 Å². The number of nitro groups is 2. The van der Waals surface area contributed by atoms with E-state index in [1.54, 1.807) is 0 Å². The first-order valence-electron chi connectivity index (χ1n) is 5.24. The number of hydrogen-bond donors (Lipinski definition) is 1. The van der Waals surface area contributed by atoms with Crippen molar-refractivity contribution in [2.75, 3.05) is 19.5 Å². The number of methoxy groups -OCH3 is 1. The van der Waals surface area contributed by atoms with Gasteiger partial charge in [0.1, 0.15) is 12.4 Å². The van der Waals surface area contributed by atoms with Crippen LogP contribution in [0.25, 0.3) is 0 Å². The van der Waals surface area contributed by atoms with E-state index < -0.39 is 43.7 Å². The number of nitrogens with zero attached hydrogens (tertiary/aromatic N) is 2. The molecule has 0 radical (unpaired) electrons. The van der Waals surface area contributed by atoms with Crippen molar-refractivity contribution in [1.29, 1.82) is 0 Å². The highest BCUT2D eigenvalue weighted by atomic mass is 32.2. The first kappa shape index (κ1) is 16.6. The van der Waals surface area contributed by atoms with Gasteiger partial charge in [-0.3, -0.25) is 24.8 Å². The van der Waals surface area contributed by atoms with E-state index in [-0.39, 0.29) is 11.5 Å². The van der Waals surface area contributed by atoms with Gasteiger partial charge in [0.15, 0.2) is 11.5 Å². The molecule has 1 aromatic rings. The lowest BCUT2D eigenvalue weighted by Crippen LogP contribution is -2.13. The lowest BCUT2D eigenvalue weighted by atomic mass is 10.2. The summed E-state index contributed by atoms with van der Waals surface area (Å²) >= 11 is 0. The molecule has 0 bridgehead atoms. The van der Waals surface area contributed by atoms with Gasteiger partial charge in [-0.25, -0.2) is 0 Å². The van der Waals surface area contributed by atoms with Crippen molar-refractivity contribution < 1.29 is 32.3 Å². The van der Waals surface area contributed by atoms with Gasteiger partial charge in [0.25, 0.3) is 10.1 Å². The molecule has 1 N–H and O–H groups in total. The summed E-state index contributed by atoms with van der Waals surface area (Å²) in [4.78, 5) is 19.6. The standard InChI is InChI=1S/C9H10N2O9S/c1-19-8-4-6(10(12)13)7(11(14)15)5-9(8)20-2-3-21(16,17)18/h4-5H,2-3H2,1H3,(H,16,17,18). The van der Waals surface area contributed by atoms with Crippen LogP contribution in [-0.4, -0.2) is 42.3 Å². The third-order valence-electron chi connectivity index (χ3n) is 2.25. The maximum absolute atomic E-state index is 10.8. The van der Waals surface area contributed by atoms with E-state index in [2.05, 4.69) is 0 Å². The molecule has 21 heavy (non-hydrogen) atoms. The Morgan fingerprint density at radius 3 is 2.00 bits per heavy atom. The summed E-state index contributed by atoms with van der Waals surface area (Å²) in [5, 5.41) is 21.5. The molecular formula is C9H10N2O9S. The number of hydrogen-bond acceptors (Lipinski definition) is 8. The van der Waals surface area contributed by atoms with Crippen LogP contribution in [0.4, 0.5) is 11.4 Å². The second-order valence-electron chi connectivity index (χ2n) is 3.64. The summed E-state index contributed by atoms with van der Waals surface area (Å²) in [5.41, 5.74) is -1.62. The third-order valence-corrected chi connectivity index (χ3v) is 2.94. The second kappa shape index (κ2) is 6.32. The van der Waals surface area contributed by atoms with E-state index in [4.69, 9.17) is 14.0 Å². The quantitative estimate of drug-likeness (QED) is 0.434. The molecule has 116 valence electrons. The minimum atomic E-state index is -4.27. The van der Waals surface area contributed by atoms with Crippen molar-refractivity contribution in [1.82, 2.24) is 0 Å². The van der Waals surface area contributed by atoms with Crippen LogP contribution in [-0.2, 0) is 10.1 Å². The summed E-state index contributed by atoms with van der Waals surface area (Å²) in [6, 6.07) is 1.54. The molecule has 0 aliphatic heterocycles. The fraction of sp³-hybridized carbons (Fsp3) is 0.333. The van der Waals surface area contributed by atoms with Gasteiger partial charge < -0.3 is 9.47 Å². The molecule has 0 aromatic heterocycles. The number of nitro benzene ring substituents is 2.